The second-order valence-corrected chi connectivity index (χ2v) is 23.5. The number of para-hydroxylation sites is 1. The van der Waals surface area contributed by atoms with Gasteiger partial charge in [-0.15, -0.1) is 11.3 Å². The highest BCUT2D eigenvalue weighted by Gasteiger charge is 2.41. The lowest BCUT2D eigenvalue weighted by Gasteiger charge is -2.28. The van der Waals surface area contributed by atoms with Gasteiger partial charge in [-0.1, -0.05) is 198 Å². The van der Waals surface area contributed by atoms with Gasteiger partial charge in [0.1, 0.15) is 0 Å². The van der Waals surface area contributed by atoms with Crippen molar-refractivity contribution in [2.75, 3.05) is 4.90 Å². The molecule has 3 nitrogen and oxygen atoms in total. The second kappa shape index (κ2) is 16.6. The van der Waals surface area contributed by atoms with E-state index in [0.717, 1.165) is 28.4 Å². The summed E-state index contributed by atoms with van der Waals surface area (Å²) in [5.41, 5.74) is 24.4. The molecule has 0 atom stereocenters. The van der Waals surface area contributed by atoms with Crippen LogP contribution in [-0.4, -0.2) is 9.13 Å². The van der Waals surface area contributed by atoms with E-state index in [4.69, 9.17) is 0 Å². The molecule has 370 valence electrons. The highest BCUT2D eigenvalue weighted by molar-refractivity contribution is 7.26. The highest BCUT2D eigenvalue weighted by atomic mass is 32.1. The Morgan fingerprint density at radius 3 is 1.69 bits per heavy atom. The second-order valence-electron chi connectivity index (χ2n) is 22.4. The van der Waals surface area contributed by atoms with Crippen molar-refractivity contribution in [3.8, 4) is 56.0 Å². The molecule has 0 saturated carbocycles. The Morgan fingerprint density at radius 2 is 0.910 bits per heavy atom. The molecule has 11 aromatic carbocycles. The number of fused-ring (bicyclic) bond motifs is 15. The Morgan fingerprint density at radius 1 is 0.346 bits per heavy atom. The third-order valence-electron chi connectivity index (χ3n) is 17.5. The van der Waals surface area contributed by atoms with Gasteiger partial charge in [-0.2, -0.15) is 0 Å². The van der Waals surface area contributed by atoms with E-state index in [1.54, 1.807) is 0 Å². The molecule has 2 aliphatic carbocycles. The SMILES string of the molecule is CC1(C)c2ccccc2-c2ccc(N(c3ccc(-c4ccccc4)cc3)c3ccc(-n4c5ccc(-c6cccc7c6sc6ccccc67)cc5c5ccc6c7c(n(-c8ccccc8)c6c54)-c4ccccc4C7(C)C)cc3)cc21. The number of thiophene rings is 1. The molecule has 14 aromatic rings. The van der Waals surface area contributed by atoms with Crippen LogP contribution in [0.25, 0.3) is 109 Å². The molecule has 0 unspecified atom stereocenters. The van der Waals surface area contributed by atoms with Crippen molar-refractivity contribution in [3.63, 3.8) is 0 Å². The van der Waals surface area contributed by atoms with E-state index < -0.39 is 0 Å². The average molecular weight is 1020 g/mol. The minimum absolute atomic E-state index is 0.143. The molecular formula is C74H53N3S. The lowest BCUT2D eigenvalue weighted by molar-refractivity contribution is 0.660. The highest BCUT2D eigenvalue weighted by Crippen LogP contribution is 2.56. The first-order valence-electron chi connectivity index (χ1n) is 27.2. The van der Waals surface area contributed by atoms with Gasteiger partial charge >= 0.3 is 0 Å². The van der Waals surface area contributed by atoms with Crippen LogP contribution in [0.2, 0.25) is 0 Å². The molecule has 2 aliphatic rings. The zero-order valence-corrected chi connectivity index (χ0v) is 44.7. The number of anilines is 3. The molecule has 0 spiro atoms. The van der Waals surface area contributed by atoms with Crippen molar-refractivity contribution in [2.45, 2.75) is 38.5 Å². The summed E-state index contributed by atoms with van der Waals surface area (Å²) in [5.74, 6) is 0. The van der Waals surface area contributed by atoms with Crippen molar-refractivity contribution < 1.29 is 0 Å². The summed E-state index contributed by atoms with van der Waals surface area (Å²) in [6.07, 6.45) is 0. The summed E-state index contributed by atoms with van der Waals surface area (Å²) >= 11 is 1.89. The molecule has 0 bridgehead atoms. The van der Waals surface area contributed by atoms with Crippen LogP contribution in [0.15, 0.2) is 249 Å². The minimum atomic E-state index is -0.217. The van der Waals surface area contributed by atoms with Gasteiger partial charge in [-0.25, -0.2) is 0 Å². The van der Waals surface area contributed by atoms with Crippen molar-refractivity contribution in [2.24, 2.45) is 0 Å². The topological polar surface area (TPSA) is 13.1 Å². The van der Waals surface area contributed by atoms with Crippen LogP contribution in [0.5, 0.6) is 0 Å². The third kappa shape index (κ3) is 6.38. The van der Waals surface area contributed by atoms with E-state index >= 15 is 0 Å². The van der Waals surface area contributed by atoms with Crippen LogP contribution >= 0.6 is 11.3 Å². The monoisotopic (exact) mass is 1020 g/mol. The summed E-state index contributed by atoms with van der Waals surface area (Å²) in [6, 6.07) is 92.9. The number of nitrogens with zero attached hydrogens (tertiary/aromatic N) is 3. The number of benzene rings is 11. The van der Waals surface area contributed by atoms with Gasteiger partial charge in [-0.3, -0.25) is 0 Å². The molecule has 0 aliphatic heterocycles. The van der Waals surface area contributed by atoms with Crippen LogP contribution in [-0.2, 0) is 10.8 Å². The Bertz CT molecular complexity index is 4760. The first-order chi connectivity index (χ1) is 38.2. The molecule has 0 saturated heterocycles. The lowest BCUT2D eigenvalue weighted by Crippen LogP contribution is -2.16. The quantitative estimate of drug-likeness (QED) is 0.155. The number of hydrogen-bond donors (Lipinski definition) is 0. The largest absolute Gasteiger partial charge is 0.310 e. The number of aromatic nitrogens is 2. The first kappa shape index (κ1) is 45.0. The summed E-state index contributed by atoms with van der Waals surface area (Å²) in [6.45, 7) is 9.56. The van der Waals surface area contributed by atoms with Crippen molar-refractivity contribution >= 4 is 81.3 Å². The fourth-order valence-corrected chi connectivity index (χ4v) is 15.1. The maximum Gasteiger partial charge on any atom is 0.0788 e. The van der Waals surface area contributed by atoms with Gasteiger partial charge in [0.15, 0.2) is 0 Å². The normalized spacial score (nSPS) is 13.8. The summed E-state index contributed by atoms with van der Waals surface area (Å²) in [4.78, 5) is 2.44. The van der Waals surface area contributed by atoms with Gasteiger partial charge in [0, 0.05) is 81.2 Å². The fraction of sp³-hybridized carbons (Fsp3) is 0.0811. The Balaban J connectivity index is 0.937. The van der Waals surface area contributed by atoms with Crippen LogP contribution in [0.4, 0.5) is 17.1 Å². The van der Waals surface area contributed by atoms with Crippen molar-refractivity contribution in [1.82, 2.24) is 9.13 Å². The van der Waals surface area contributed by atoms with Gasteiger partial charge in [0.05, 0.1) is 22.2 Å². The summed E-state index contributed by atoms with van der Waals surface area (Å²) < 4.78 is 7.78. The smallest absolute Gasteiger partial charge is 0.0788 e. The molecule has 0 N–H and O–H groups in total. The Labute approximate surface area is 458 Å². The molecule has 3 aromatic heterocycles. The van der Waals surface area contributed by atoms with E-state index in [-0.39, 0.29) is 10.8 Å². The Kier molecular flexibility index (Phi) is 9.60. The first-order valence-corrected chi connectivity index (χ1v) is 28.1. The van der Waals surface area contributed by atoms with Crippen LogP contribution in [0.3, 0.4) is 0 Å². The predicted octanol–water partition coefficient (Wildman–Crippen LogP) is 20.5. The predicted molar refractivity (Wildman–Crippen MR) is 331 cm³/mol. The van der Waals surface area contributed by atoms with E-state index in [0.29, 0.717) is 0 Å². The van der Waals surface area contributed by atoms with Gasteiger partial charge in [0.25, 0.3) is 0 Å². The summed E-state index contributed by atoms with van der Waals surface area (Å²) in [5, 5.41) is 6.37. The van der Waals surface area contributed by atoms with Crippen LogP contribution in [0.1, 0.15) is 49.9 Å². The molecule has 0 fully saturated rings. The molecule has 16 rings (SSSR count). The average Bonchev–Trinajstić information content (AvgIpc) is 4.27. The summed E-state index contributed by atoms with van der Waals surface area (Å²) in [7, 11) is 0. The zero-order valence-electron chi connectivity index (χ0n) is 43.9. The van der Waals surface area contributed by atoms with Gasteiger partial charge in [0.2, 0.25) is 0 Å². The molecular weight excluding hydrogens is 963 g/mol. The number of hydrogen-bond acceptors (Lipinski definition) is 2. The maximum atomic E-state index is 2.58. The number of rotatable bonds is 7. The lowest BCUT2D eigenvalue weighted by atomic mass is 9.81. The standard InChI is InChI=1S/C74H53N3S/c1-73(2)63-27-14-11-22-55(63)56-40-39-53(45-65(56)73)75(50-33-30-47(31-34-50)46-18-7-5-8-19-46)51-35-37-52(38-36-51)76-66-43-32-48(54-25-17-26-59-57-23-13-16-29-67(57)78-72(54)59)44-62(66)58-41-42-61-68-69(60-24-12-15-28-64(60)74(68,3)4)77(71(61)70(58)76)49-20-9-6-10-21-49/h5-45H,1-4H3. The van der Waals surface area contributed by atoms with E-state index in [1.165, 1.54) is 120 Å². The minimum Gasteiger partial charge on any atom is -0.310 e. The Hall–Kier alpha value is -9.22. The van der Waals surface area contributed by atoms with Crippen LogP contribution < -0.4 is 4.90 Å². The third-order valence-corrected chi connectivity index (χ3v) is 18.7. The maximum absolute atomic E-state index is 2.58. The van der Waals surface area contributed by atoms with Crippen molar-refractivity contribution in [3.05, 3.63) is 271 Å². The molecule has 3 heterocycles. The van der Waals surface area contributed by atoms with E-state index in [2.05, 4.69) is 290 Å². The zero-order chi connectivity index (χ0) is 52.0. The van der Waals surface area contributed by atoms with E-state index in [9.17, 15) is 0 Å². The van der Waals surface area contributed by atoms with Gasteiger partial charge in [-0.05, 0) is 134 Å². The van der Waals surface area contributed by atoms with Gasteiger partial charge < -0.3 is 14.0 Å². The molecule has 0 amide bonds. The van der Waals surface area contributed by atoms with Crippen LogP contribution in [0, 0.1) is 0 Å². The van der Waals surface area contributed by atoms with Crippen molar-refractivity contribution in [1.29, 1.82) is 0 Å². The van der Waals surface area contributed by atoms with E-state index in [1.807, 2.05) is 11.3 Å². The molecule has 4 heteroatoms. The molecule has 78 heavy (non-hydrogen) atoms. The molecule has 0 radical (unpaired) electrons. The fourth-order valence-electron chi connectivity index (χ4n) is 13.8.